The quantitative estimate of drug-likeness (QED) is 0.720. The van der Waals surface area contributed by atoms with E-state index in [-0.39, 0.29) is 10.5 Å². The van der Waals surface area contributed by atoms with Gasteiger partial charge in [-0.2, -0.15) is 0 Å². The van der Waals surface area contributed by atoms with E-state index in [0.29, 0.717) is 9.44 Å². The van der Waals surface area contributed by atoms with Crippen LogP contribution < -0.4 is 5.32 Å². The number of hydrogen-bond acceptors (Lipinski definition) is 7. The Kier molecular flexibility index (Phi) is 4.10. The highest BCUT2D eigenvalue weighted by Crippen LogP contribution is 2.30. The number of thiophene rings is 1. The lowest BCUT2D eigenvalue weighted by Crippen LogP contribution is -2.37. The van der Waals surface area contributed by atoms with E-state index in [4.69, 9.17) is 0 Å². The molecule has 3 heterocycles. The Morgan fingerprint density at radius 2 is 1.96 bits per heavy atom. The Hall–Kier alpha value is -2.56. The Balaban J connectivity index is 1.50. The van der Waals surface area contributed by atoms with Crippen molar-refractivity contribution < 1.29 is 18.0 Å². The number of thiazole rings is 1. The van der Waals surface area contributed by atoms with Crippen molar-refractivity contribution in [2.24, 2.45) is 0 Å². The lowest BCUT2D eigenvalue weighted by Gasteiger charge is -2.13. The van der Waals surface area contributed by atoms with Gasteiger partial charge in [0.1, 0.15) is 11.4 Å². The van der Waals surface area contributed by atoms with Crippen LogP contribution in [0.4, 0.5) is 5.13 Å². The summed E-state index contributed by atoms with van der Waals surface area (Å²) in [6.07, 6.45) is 0. The number of amides is 2. The summed E-state index contributed by atoms with van der Waals surface area (Å²) >= 11 is 2.76. The van der Waals surface area contributed by atoms with Crippen LogP contribution in [0.3, 0.4) is 0 Å². The Bertz CT molecular complexity index is 1100. The number of carbonyl (C=O) groups is 2. The second-order valence-corrected chi connectivity index (χ2v) is 9.01. The molecule has 10 heteroatoms. The molecule has 0 bridgehead atoms. The van der Waals surface area contributed by atoms with Crippen LogP contribution in [0.5, 0.6) is 0 Å². The van der Waals surface area contributed by atoms with Gasteiger partial charge in [0.25, 0.3) is 15.9 Å². The molecule has 2 aromatic heterocycles. The van der Waals surface area contributed by atoms with E-state index >= 15 is 0 Å². The second-order valence-electron chi connectivity index (χ2n) is 5.38. The topological polar surface area (TPSA) is 96.4 Å². The largest absolute Gasteiger partial charge is 0.300 e. The maximum Gasteiger partial charge on any atom is 0.269 e. The van der Waals surface area contributed by atoms with E-state index in [0.717, 1.165) is 10.6 Å². The van der Waals surface area contributed by atoms with Gasteiger partial charge < -0.3 is 5.32 Å². The number of hydrogen-bond donors (Lipinski definition) is 1. The summed E-state index contributed by atoms with van der Waals surface area (Å²) in [5.41, 5.74) is 0.812. The standard InChI is InChI=1S/C16H11N3O4S3/c20-14(18-16-17-11(9-25-16)12-5-3-7-24-12)8-19-15(21)10-4-1-2-6-13(10)26(19,22)23/h1-7,9H,8H2,(H,17,18,20). The predicted molar refractivity (Wildman–Crippen MR) is 98.7 cm³/mol. The Morgan fingerprint density at radius 3 is 2.69 bits per heavy atom. The van der Waals surface area contributed by atoms with E-state index in [1.807, 2.05) is 17.5 Å². The molecule has 0 spiro atoms. The van der Waals surface area contributed by atoms with Crippen LogP contribution >= 0.6 is 22.7 Å². The van der Waals surface area contributed by atoms with Crippen molar-refractivity contribution in [3.8, 4) is 10.6 Å². The fourth-order valence-electron chi connectivity index (χ4n) is 2.55. The first-order chi connectivity index (χ1) is 12.5. The molecule has 2 amide bonds. The van der Waals surface area contributed by atoms with Gasteiger partial charge in [0, 0.05) is 5.38 Å². The maximum atomic E-state index is 12.5. The molecule has 0 radical (unpaired) electrons. The third-order valence-electron chi connectivity index (χ3n) is 3.72. The van der Waals surface area contributed by atoms with Crippen molar-refractivity contribution in [3.05, 3.63) is 52.7 Å². The number of aromatic nitrogens is 1. The minimum Gasteiger partial charge on any atom is -0.300 e. The van der Waals surface area contributed by atoms with Gasteiger partial charge in [0.05, 0.1) is 16.1 Å². The van der Waals surface area contributed by atoms with E-state index < -0.39 is 28.4 Å². The number of benzene rings is 1. The van der Waals surface area contributed by atoms with Crippen molar-refractivity contribution in [2.75, 3.05) is 11.9 Å². The van der Waals surface area contributed by atoms with E-state index in [2.05, 4.69) is 10.3 Å². The van der Waals surface area contributed by atoms with Gasteiger partial charge in [-0.05, 0) is 23.6 Å². The van der Waals surface area contributed by atoms with Crippen LogP contribution in [0.1, 0.15) is 10.4 Å². The lowest BCUT2D eigenvalue weighted by molar-refractivity contribution is -0.116. The van der Waals surface area contributed by atoms with Crippen LogP contribution in [0.2, 0.25) is 0 Å². The summed E-state index contributed by atoms with van der Waals surface area (Å²) in [5.74, 6) is -1.32. The first kappa shape index (κ1) is 16.9. The molecular formula is C16H11N3O4S3. The highest BCUT2D eigenvalue weighted by molar-refractivity contribution is 7.90. The zero-order valence-electron chi connectivity index (χ0n) is 13.1. The van der Waals surface area contributed by atoms with E-state index in [1.54, 1.807) is 11.4 Å². The first-order valence-electron chi connectivity index (χ1n) is 7.42. The number of carbonyl (C=O) groups excluding carboxylic acids is 2. The van der Waals surface area contributed by atoms with Crippen molar-refractivity contribution in [1.82, 2.24) is 9.29 Å². The molecule has 3 aromatic rings. The molecule has 0 saturated carbocycles. The number of fused-ring (bicyclic) bond motifs is 1. The summed E-state index contributed by atoms with van der Waals surface area (Å²) in [4.78, 5) is 29.8. The summed E-state index contributed by atoms with van der Waals surface area (Å²) in [5, 5.41) is 6.62. The molecule has 0 fully saturated rings. The van der Waals surface area contributed by atoms with Crippen LogP contribution in [-0.2, 0) is 14.8 Å². The number of anilines is 1. The van der Waals surface area contributed by atoms with Gasteiger partial charge in [-0.1, -0.05) is 18.2 Å². The molecular weight excluding hydrogens is 394 g/mol. The number of nitrogens with zero attached hydrogens (tertiary/aromatic N) is 2. The van der Waals surface area contributed by atoms with Crippen LogP contribution in [0.25, 0.3) is 10.6 Å². The smallest absolute Gasteiger partial charge is 0.269 e. The van der Waals surface area contributed by atoms with Gasteiger partial charge in [0.2, 0.25) is 5.91 Å². The van der Waals surface area contributed by atoms with E-state index in [9.17, 15) is 18.0 Å². The maximum absolute atomic E-state index is 12.5. The average molecular weight is 405 g/mol. The summed E-state index contributed by atoms with van der Waals surface area (Å²) < 4.78 is 25.5. The van der Waals surface area contributed by atoms with Crippen LogP contribution in [-0.4, -0.2) is 36.1 Å². The molecule has 1 aliphatic heterocycles. The fraction of sp³-hybridized carbons (Fsp3) is 0.0625. The van der Waals surface area contributed by atoms with Gasteiger partial charge in [-0.3, -0.25) is 9.59 Å². The van der Waals surface area contributed by atoms with Crippen molar-refractivity contribution in [1.29, 1.82) is 0 Å². The summed E-state index contributed by atoms with van der Waals surface area (Å²) in [6, 6.07) is 9.72. The molecule has 1 aromatic carbocycles. The molecule has 0 saturated heterocycles. The van der Waals surface area contributed by atoms with Gasteiger partial charge >= 0.3 is 0 Å². The third-order valence-corrected chi connectivity index (χ3v) is 7.16. The molecule has 0 aliphatic carbocycles. The molecule has 132 valence electrons. The highest BCUT2D eigenvalue weighted by atomic mass is 32.2. The Labute approximate surface area is 157 Å². The summed E-state index contributed by atoms with van der Waals surface area (Å²) in [6.45, 7) is -0.593. The van der Waals surface area contributed by atoms with Crippen LogP contribution in [0, 0.1) is 0 Å². The predicted octanol–water partition coefficient (Wildman–Crippen LogP) is 2.65. The Morgan fingerprint density at radius 1 is 1.15 bits per heavy atom. The van der Waals surface area contributed by atoms with Crippen LogP contribution in [0.15, 0.2) is 52.1 Å². The first-order valence-corrected chi connectivity index (χ1v) is 10.6. The molecule has 7 nitrogen and oxygen atoms in total. The monoisotopic (exact) mass is 405 g/mol. The second kappa shape index (κ2) is 6.31. The van der Waals surface area contributed by atoms with E-state index in [1.165, 1.54) is 40.9 Å². The molecule has 0 atom stereocenters. The molecule has 1 N–H and O–H groups in total. The SMILES string of the molecule is O=C(CN1C(=O)c2ccccc2S1(=O)=O)Nc1nc(-c2cccs2)cs1. The van der Waals surface area contributed by atoms with Gasteiger partial charge in [0.15, 0.2) is 5.13 Å². The number of sulfonamides is 1. The summed E-state index contributed by atoms with van der Waals surface area (Å²) in [7, 11) is -4.01. The molecule has 0 unspecified atom stereocenters. The minimum atomic E-state index is -4.01. The zero-order valence-corrected chi connectivity index (χ0v) is 15.5. The molecule has 4 rings (SSSR count). The fourth-order valence-corrected chi connectivity index (χ4v) is 5.56. The van der Waals surface area contributed by atoms with Crippen molar-refractivity contribution in [2.45, 2.75) is 4.90 Å². The number of rotatable bonds is 4. The number of nitrogens with one attached hydrogen (secondary N) is 1. The zero-order chi connectivity index (χ0) is 18.3. The molecule has 26 heavy (non-hydrogen) atoms. The minimum absolute atomic E-state index is 0.0768. The third kappa shape index (κ3) is 2.81. The van der Waals surface area contributed by atoms with Gasteiger partial charge in [-0.25, -0.2) is 17.7 Å². The van der Waals surface area contributed by atoms with Crippen molar-refractivity contribution in [3.63, 3.8) is 0 Å². The molecule has 1 aliphatic rings. The highest BCUT2D eigenvalue weighted by Gasteiger charge is 2.41. The van der Waals surface area contributed by atoms with Gasteiger partial charge in [-0.15, -0.1) is 22.7 Å². The van der Waals surface area contributed by atoms with Crippen molar-refractivity contribution >= 4 is 49.6 Å². The average Bonchev–Trinajstić information content (AvgIpc) is 3.33. The lowest BCUT2D eigenvalue weighted by atomic mass is 10.2. The normalized spacial score (nSPS) is 15.1.